The highest BCUT2D eigenvalue weighted by molar-refractivity contribution is 6.32. The van der Waals surface area contributed by atoms with Crippen LogP contribution in [0.5, 0.6) is 5.75 Å². The predicted octanol–water partition coefficient (Wildman–Crippen LogP) is 2.07. The molecule has 1 aliphatic rings. The fourth-order valence-corrected chi connectivity index (χ4v) is 3.52. The van der Waals surface area contributed by atoms with Crippen LogP contribution in [-0.2, 0) is 6.54 Å². The lowest BCUT2D eigenvalue weighted by molar-refractivity contribution is 0.0963. The highest BCUT2D eigenvalue weighted by atomic mass is 35.5. The molecule has 8 nitrogen and oxygen atoms in total. The fraction of sp³-hybridized carbons (Fsp3) is 0.421. The standard InChI is InChI=1S/C19H24ClN5O3/c1-21-18(27)14-10-23-19(25-7-3-4-13(25)11-26)24-17(14)22-9-12-5-6-16(28-2)15(20)8-12/h5-6,8,10,13,26H,3-4,7,9,11H2,1-2H3,(H,21,27)(H,22,23,24). The number of aromatic nitrogens is 2. The van der Waals surface area contributed by atoms with Gasteiger partial charge in [-0.1, -0.05) is 17.7 Å². The first-order chi connectivity index (χ1) is 13.6. The molecule has 3 rings (SSSR count). The van der Waals surface area contributed by atoms with E-state index < -0.39 is 0 Å². The molecule has 1 saturated heterocycles. The van der Waals surface area contributed by atoms with Gasteiger partial charge in [0.2, 0.25) is 5.95 Å². The van der Waals surface area contributed by atoms with Crippen molar-refractivity contribution in [2.45, 2.75) is 25.4 Å². The average molecular weight is 406 g/mol. The highest BCUT2D eigenvalue weighted by Crippen LogP contribution is 2.27. The molecule has 2 heterocycles. The first-order valence-electron chi connectivity index (χ1n) is 9.10. The topological polar surface area (TPSA) is 99.6 Å². The molecule has 28 heavy (non-hydrogen) atoms. The van der Waals surface area contributed by atoms with Crippen LogP contribution in [0, 0.1) is 0 Å². The van der Waals surface area contributed by atoms with Crippen molar-refractivity contribution in [1.29, 1.82) is 0 Å². The van der Waals surface area contributed by atoms with Gasteiger partial charge in [0.1, 0.15) is 17.1 Å². The minimum atomic E-state index is -0.276. The number of carbonyl (C=O) groups is 1. The van der Waals surface area contributed by atoms with Crippen LogP contribution in [0.1, 0.15) is 28.8 Å². The summed E-state index contributed by atoms with van der Waals surface area (Å²) in [5, 5.41) is 15.9. The Balaban J connectivity index is 1.85. The van der Waals surface area contributed by atoms with Gasteiger partial charge in [-0.15, -0.1) is 0 Å². The zero-order chi connectivity index (χ0) is 20.1. The van der Waals surface area contributed by atoms with E-state index in [4.69, 9.17) is 16.3 Å². The third-order valence-electron chi connectivity index (χ3n) is 4.77. The summed E-state index contributed by atoms with van der Waals surface area (Å²) in [6.45, 7) is 1.25. The molecule has 150 valence electrons. The summed E-state index contributed by atoms with van der Waals surface area (Å²) in [7, 11) is 3.13. The lowest BCUT2D eigenvalue weighted by Gasteiger charge is -2.23. The number of amides is 1. The molecule has 0 aliphatic carbocycles. The van der Waals surface area contributed by atoms with Crippen molar-refractivity contribution in [3.05, 3.63) is 40.5 Å². The molecule has 1 aliphatic heterocycles. The minimum absolute atomic E-state index is 0.000837. The number of hydrogen-bond donors (Lipinski definition) is 3. The summed E-state index contributed by atoms with van der Waals surface area (Å²) in [5.41, 5.74) is 1.27. The van der Waals surface area contributed by atoms with Gasteiger partial charge in [0.25, 0.3) is 5.91 Å². The summed E-state index contributed by atoms with van der Waals surface area (Å²) < 4.78 is 5.17. The number of hydrogen-bond acceptors (Lipinski definition) is 7. The van der Waals surface area contributed by atoms with Crippen LogP contribution in [0.2, 0.25) is 5.02 Å². The van der Waals surface area contributed by atoms with Gasteiger partial charge in [-0.3, -0.25) is 4.79 Å². The van der Waals surface area contributed by atoms with E-state index >= 15 is 0 Å². The lowest BCUT2D eigenvalue weighted by atomic mass is 10.2. The number of nitrogens with one attached hydrogen (secondary N) is 2. The summed E-state index contributed by atoms with van der Waals surface area (Å²) >= 11 is 6.19. The lowest BCUT2D eigenvalue weighted by Crippen LogP contribution is -2.34. The second kappa shape index (κ2) is 9.07. The van der Waals surface area contributed by atoms with Crippen molar-refractivity contribution in [3.8, 4) is 5.75 Å². The van der Waals surface area contributed by atoms with Crippen LogP contribution < -0.4 is 20.3 Å². The Kier molecular flexibility index (Phi) is 6.53. The van der Waals surface area contributed by atoms with Gasteiger partial charge in [0.15, 0.2) is 0 Å². The molecule has 1 atom stereocenters. The van der Waals surface area contributed by atoms with Crippen LogP contribution in [0.4, 0.5) is 11.8 Å². The number of aliphatic hydroxyl groups is 1. The van der Waals surface area contributed by atoms with Crippen LogP contribution >= 0.6 is 11.6 Å². The van der Waals surface area contributed by atoms with Gasteiger partial charge in [-0.25, -0.2) is 4.98 Å². The Morgan fingerprint density at radius 3 is 2.96 bits per heavy atom. The number of aliphatic hydroxyl groups excluding tert-OH is 1. The highest BCUT2D eigenvalue weighted by Gasteiger charge is 2.27. The van der Waals surface area contributed by atoms with E-state index in [-0.39, 0.29) is 18.6 Å². The van der Waals surface area contributed by atoms with E-state index in [0.717, 1.165) is 24.9 Å². The van der Waals surface area contributed by atoms with Crippen molar-refractivity contribution < 1.29 is 14.6 Å². The Labute approximate surface area is 168 Å². The Morgan fingerprint density at radius 1 is 1.46 bits per heavy atom. The Hall–Kier alpha value is -2.58. The number of methoxy groups -OCH3 is 1. The largest absolute Gasteiger partial charge is 0.495 e. The molecule has 0 radical (unpaired) electrons. The van der Waals surface area contributed by atoms with Crippen molar-refractivity contribution in [3.63, 3.8) is 0 Å². The number of carbonyl (C=O) groups excluding carboxylic acids is 1. The van der Waals surface area contributed by atoms with E-state index in [1.807, 2.05) is 11.0 Å². The third kappa shape index (κ3) is 4.28. The molecular weight excluding hydrogens is 382 g/mol. The van der Waals surface area contributed by atoms with Crippen molar-refractivity contribution in [1.82, 2.24) is 15.3 Å². The summed E-state index contributed by atoms with van der Waals surface area (Å²) in [6, 6.07) is 5.48. The molecule has 1 amide bonds. The van der Waals surface area contributed by atoms with Gasteiger partial charge < -0.3 is 25.4 Å². The zero-order valence-corrected chi connectivity index (χ0v) is 16.7. The van der Waals surface area contributed by atoms with E-state index in [0.29, 0.717) is 34.6 Å². The van der Waals surface area contributed by atoms with E-state index in [9.17, 15) is 9.90 Å². The maximum Gasteiger partial charge on any atom is 0.256 e. The van der Waals surface area contributed by atoms with Crippen LogP contribution in [0.15, 0.2) is 24.4 Å². The predicted molar refractivity (Wildman–Crippen MR) is 108 cm³/mol. The molecule has 9 heteroatoms. The van der Waals surface area contributed by atoms with E-state index in [2.05, 4.69) is 20.6 Å². The maximum absolute atomic E-state index is 12.2. The summed E-state index contributed by atoms with van der Waals surface area (Å²) in [6.07, 6.45) is 3.38. The average Bonchev–Trinajstić information content (AvgIpc) is 3.20. The summed E-state index contributed by atoms with van der Waals surface area (Å²) in [4.78, 5) is 23.1. The zero-order valence-electron chi connectivity index (χ0n) is 15.9. The van der Waals surface area contributed by atoms with Crippen LogP contribution in [0.25, 0.3) is 0 Å². The van der Waals surface area contributed by atoms with Gasteiger partial charge in [0, 0.05) is 26.3 Å². The number of nitrogens with zero attached hydrogens (tertiary/aromatic N) is 3. The number of benzene rings is 1. The molecule has 0 bridgehead atoms. The Bertz CT molecular complexity index is 848. The summed E-state index contributed by atoms with van der Waals surface area (Å²) in [5.74, 6) is 1.26. The number of ether oxygens (including phenoxy) is 1. The minimum Gasteiger partial charge on any atom is -0.495 e. The van der Waals surface area contributed by atoms with Crippen molar-refractivity contribution >= 4 is 29.3 Å². The van der Waals surface area contributed by atoms with Gasteiger partial charge >= 0.3 is 0 Å². The molecule has 1 unspecified atom stereocenters. The molecule has 2 aromatic rings. The van der Waals surface area contributed by atoms with Crippen molar-refractivity contribution in [2.24, 2.45) is 0 Å². The van der Waals surface area contributed by atoms with Gasteiger partial charge in [-0.2, -0.15) is 4.98 Å². The second-order valence-corrected chi connectivity index (χ2v) is 6.91. The fourth-order valence-electron chi connectivity index (χ4n) is 3.24. The maximum atomic E-state index is 12.2. The first-order valence-corrected chi connectivity index (χ1v) is 9.48. The Morgan fingerprint density at radius 2 is 2.29 bits per heavy atom. The van der Waals surface area contributed by atoms with Gasteiger partial charge in [-0.05, 0) is 30.5 Å². The number of rotatable bonds is 7. The molecule has 1 aromatic heterocycles. The van der Waals surface area contributed by atoms with Gasteiger partial charge in [0.05, 0.1) is 24.8 Å². The first kappa shape index (κ1) is 20.2. The number of halogens is 1. The molecular formula is C19H24ClN5O3. The quantitative estimate of drug-likeness (QED) is 0.648. The normalized spacial score (nSPS) is 16.1. The molecule has 1 fully saturated rings. The van der Waals surface area contributed by atoms with Crippen molar-refractivity contribution in [2.75, 3.05) is 37.5 Å². The third-order valence-corrected chi connectivity index (χ3v) is 5.06. The van der Waals surface area contributed by atoms with Crippen LogP contribution in [0.3, 0.4) is 0 Å². The molecule has 0 saturated carbocycles. The van der Waals surface area contributed by atoms with Crippen LogP contribution in [-0.4, -0.2) is 54.3 Å². The molecule has 0 spiro atoms. The van der Waals surface area contributed by atoms with E-state index in [1.165, 1.54) is 6.20 Å². The number of anilines is 2. The SMILES string of the molecule is CNC(=O)c1cnc(N2CCCC2CO)nc1NCc1ccc(OC)c(Cl)c1. The molecule has 3 N–H and O–H groups in total. The monoisotopic (exact) mass is 405 g/mol. The van der Waals surface area contributed by atoms with E-state index in [1.54, 1.807) is 26.3 Å². The second-order valence-electron chi connectivity index (χ2n) is 6.51. The smallest absolute Gasteiger partial charge is 0.256 e. The molecule has 1 aromatic carbocycles.